The summed E-state index contributed by atoms with van der Waals surface area (Å²) >= 11 is 0. The van der Waals surface area contributed by atoms with Crippen LogP contribution in [-0.2, 0) is 11.9 Å². The molecule has 3 aromatic rings. The quantitative estimate of drug-likeness (QED) is 0.427. The summed E-state index contributed by atoms with van der Waals surface area (Å²) in [6.07, 6.45) is 1.41. The maximum atomic E-state index is 15.2. The van der Waals surface area contributed by atoms with Gasteiger partial charge in [-0.05, 0) is 32.0 Å². The summed E-state index contributed by atoms with van der Waals surface area (Å²) in [4.78, 5) is 22.0. The summed E-state index contributed by atoms with van der Waals surface area (Å²) in [5.41, 5.74) is 1.96. The smallest absolute Gasteiger partial charge is 0.277 e. The van der Waals surface area contributed by atoms with Crippen molar-refractivity contribution in [3.63, 3.8) is 0 Å². The number of hydrogen-bond donors (Lipinski definition) is 3. The molecule has 0 aliphatic rings. The molecule has 10 heteroatoms. The number of nitrogens with zero attached hydrogens (tertiary/aromatic N) is 2. The van der Waals surface area contributed by atoms with Crippen molar-refractivity contribution in [2.24, 2.45) is 7.05 Å². The molecule has 29 heavy (non-hydrogen) atoms. The topological polar surface area (TPSA) is 88.4 Å². The van der Waals surface area contributed by atoms with Crippen LogP contribution in [0.2, 0.25) is 0 Å². The highest BCUT2D eigenvalue weighted by Gasteiger charge is 2.25. The highest BCUT2D eigenvalue weighted by atomic mass is 19.1. The molecule has 0 spiro atoms. The summed E-state index contributed by atoms with van der Waals surface area (Å²) in [5, 5.41) is 11.9. The number of carbonyl (C=O) groups excluding carboxylic acids is 1. The molecule has 0 fully saturated rings. The van der Waals surface area contributed by atoms with E-state index in [2.05, 4.69) is 15.8 Å². The first-order valence-corrected chi connectivity index (χ1v) is 8.89. The lowest BCUT2D eigenvalue weighted by Crippen LogP contribution is -2.38. The summed E-state index contributed by atoms with van der Waals surface area (Å²) in [6, 6.07) is 5.85. The van der Waals surface area contributed by atoms with E-state index in [-0.39, 0.29) is 29.1 Å². The average Bonchev–Trinajstić information content (AvgIpc) is 3.05. The molecule has 0 aliphatic carbocycles. The molecule has 0 aliphatic heterocycles. The largest absolute Gasteiger partial charge is 0.393 e. The number of hydrogen-bond acceptors (Lipinski definition) is 5. The molecule has 1 heterocycles. The van der Waals surface area contributed by atoms with Crippen LogP contribution in [-0.4, -0.2) is 40.6 Å². The normalized spacial score (nSPS) is 11.7. The van der Waals surface area contributed by atoms with Gasteiger partial charge in [-0.2, -0.15) is 0 Å². The van der Waals surface area contributed by atoms with Crippen LogP contribution in [0, 0.1) is 11.6 Å². The molecule has 0 unspecified atom stereocenters. The van der Waals surface area contributed by atoms with Crippen LogP contribution < -0.4 is 16.3 Å². The number of amides is 1. The number of anilines is 2. The number of aryl methyl sites for hydroxylation is 1. The number of benzene rings is 2. The number of imidazole rings is 1. The number of hydroxylamine groups is 1. The van der Waals surface area contributed by atoms with Crippen LogP contribution in [0.4, 0.5) is 20.2 Å². The van der Waals surface area contributed by atoms with Gasteiger partial charge in [-0.15, -0.1) is 0 Å². The van der Waals surface area contributed by atoms with Gasteiger partial charge in [-0.1, -0.05) is 11.5 Å². The molecule has 0 radical (unpaired) electrons. The van der Waals surface area contributed by atoms with Crippen molar-refractivity contribution in [2.75, 3.05) is 11.9 Å². The number of carbonyl (C=O) groups is 1. The van der Waals surface area contributed by atoms with E-state index in [0.717, 1.165) is 0 Å². The molecular weight excluding hydrogens is 381 g/mol. The number of halogens is 2. The van der Waals surface area contributed by atoms with Crippen molar-refractivity contribution in [3.8, 4) is 0 Å². The number of fused-ring (bicyclic) bond motifs is 1. The van der Waals surface area contributed by atoms with Crippen LogP contribution in [0.5, 0.6) is 0 Å². The second kappa shape index (κ2) is 7.80. The Morgan fingerprint density at radius 1 is 1.34 bits per heavy atom. The number of aromatic nitrogens is 2. The highest BCUT2D eigenvalue weighted by Crippen LogP contribution is 2.31. The second-order valence-corrected chi connectivity index (χ2v) is 7.40. The lowest BCUT2D eigenvalue weighted by atomic mass is 9.96. The zero-order valence-corrected chi connectivity index (χ0v) is 16.5. The van der Waals surface area contributed by atoms with E-state index < -0.39 is 23.1 Å². The van der Waals surface area contributed by atoms with E-state index in [1.165, 1.54) is 24.5 Å². The molecular formula is C19H21BF2N4O3. The molecule has 1 amide bonds. The van der Waals surface area contributed by atoms with Gasteiger partial charge in [0.05, 0.1) is 35.4 Å². The second-order valence-electron chi connectivity index (χ2n) is 7.40. The van der Waals surface area contributed by atoms with Crippen LogP contribution in [0.25, 0.3) is 11.0 Å². The summed E-state index contributed by atoms with van der Waals surface area (Å²) in [6.45, 7) is 2.79. The van der Waals surface area contributed by atoms with Crippen molar-refractivity contribution in [1.82, 2.24) is 15.0 Å². The van der Waals surface area contributed by atoms with Gasteiger partial charge in [-0.25, -0.2) is 19.2 Å². The third-order valence-electron chi connectivity index (χ3n) is 4.39. The molecule has 0 saturated heterocycles. The fourth-order valence-electron chi connectivity index (χ4n) is 2.65. The Morgan fingerprint density at radius 2 is 2.07 bits per heavy atom. The van der Waals surface area contributed by atoms with Crippen molar-refractivity contribution >= 4 is 41.6 Å². The van der Waals surface area contributed by atoms with Crippen molar-refractivity contribution in [1.29, 1.82) is 0 Å². The van der Waals surface area contributed by atoms with Gasteiger partial charge in [0.25, 0.3) is 5.91 Å². The Hall–Kier alpha value is -2.98. The Labute approximate surface area is 167 Å². The van der Waals surface area contributed by atoms with Gasteiger partial charge < -0.3 is 15.0 Å². The van der Waals surface area contributed by atoms with E-state index in [4.69, 9.17) is 4.84 Å². The maximum absolute atomic E-state index is 15.2. The molecule has 3 N–H and O–H groups in total. The third-order valence-corrected chi connectivity index (χ3v) is 4.39. The maximum Gasteiger partial charge on any atom is 0.277 e. The van der Waals surface area contributed by atoms with Crippen LogP contribution in [0.3, 0.4) is 0 Å². The molecule has 2 aromatic carbocycles. The predicted octanol–water partition coefficient (Wildman–Crippen LogP) is 1.29. The minimum Gasteiger partial charge on any atom is -0.393 e. The first kappa shape index (κ1) is 20.8. The van der Waals surface area contributed by atoms with E-state index in [9.17, 15) is 14.3 Å². The Morgan fingerprint density at radius 3 is 2.72 bits per heavy atom. The summed E-state index contributed by atoms with van der Waals surface area (Å²) in [5.74, 6) is -2.15. The number of aliphatic hydroxyl groups excluding tert-OH is 1. The van der Waals surface area contributed by atoms with Gasteiger partial charge in [0, 0.05) is 7.05 Å². The van der Waals surface area contributed by atoms with Gasteiger partial charge in [0.2, 0.25) is 0 Å². The Kier molecular flexibility index (Phi) is 5.58. The molecule has 0 saturated carbocycles. The Bertz CT molecular complexity index is 1080. The molecule has 1 aromatic heterocycles. The predicted molar refractivity (Wildman–Crippen MR) is 108 cm³/mol. The van der Waals surface area contributed by atoms with Crippen LogP contribution in [0.1, 0.15) is 24.2 Å². The SMILES string of the molecule is Bc1ccc(Nc2c(C(=O)NOC(C)(C)CO)cc3c(ncn3C)c2F)c(F)c1. The van der Waals surface area contributed by atoms with Gasteiger partial charge in [0.1, 0.15) is 24.8 Å². The zero-order valence-electron chi connectivity index (χ0n) is 16.5. The lowest BCUT2D eigenvalue weighted by Gasteiger charge is -2.22. The molecule has 0 bridgehead atoms. The van der Waals surface area contributed by atoms with Crippen LogP contribution >= 0.6 is 0 Å². The Balaban J connectivity index is 2.07. The summed E-state index contributed by atoms with van der Waals surface area (Å²) < 4.78 is 31.1. The van der Waals surface area contributed by atoms with Crippen molar-refractivity contribution < 1.29 is 23.5 Å². The van der Waals surface area contributed by atoms with E-state index >= 15 is 4.39 Å². The molecule has 7 nitrogen and oxygen atoms in total. The number of aliphatic hydroxyl groups is 1. The van der Waals surface area contributed by atoms with E-state index in [1.807, 2.05) is 0 Å². The first-order chi connectivity index (χ1) is 13.6. The number of nitrogens with one attached hydrogen (secondary N) is 2. The minimum absolute atomic E-state index is 0.00966. The summed E-state index contributed by atoms with van der Waals surface area (Å²) in [7, 11) is 3.39. The van der Waals surface area contributed by atoms with E-state index in [1.54, 1.807) is 39.4 Å². The van der Waals surface area contributed by atoms with Gasteiger partial charge >= 0.3 is 0 Å². The lowest BCUT2D eigenvalue weighted by molar-refractivity contribution is -0.0956. The fourth-order valence-corrected chi connectivity index (χ4v) is 2.65. The minimum atomic E-state index is -1.04. The standard InChI is InChI=1S/C19H21BF2N4O3/c1-19(2,8-27)29-25-18(28)11-7-14-17(23-9-26(14)3)15(22)16(11)24-13-5-4-10(20)6-12(13)21/h4-7,9,24,27H,8,20H2,1-3H3,(H,25,28). The molecule has 0 atom stereocenters. The zero-order chi connectivity index (χ0) is 21.3. The fraction of sp³-hybridized carbons (Fsp3) is 0.263. The van der Waals surface area contributed by atoms with Crippen molar-refractivity contribution in [2.45, 2.75) is 19.4 Å². The molecule has 152 valence electrons. The highest BCUT2D eigenvalue weighted by molar-refractivity contribution is 6.32. The van der Waals surface area contributed by atoms with E-state index in [0.29, 0.717) is 11.0 Å². The van der Waals surface area contributed by atoms with Gasteiger partial charge in [0.15, 0.2) is 5.82 Å². The molecule has 3 rings (SSSR count). The average molecular weight is 402 g/mol. The van der Waals surface area contributed by atoms with Crippen molar-refractivity contribution in [3.05, 3.63) is 47.8 Å². The third kappa shape index (κ3) is 4.23. The number of rotatable bonds is 6. The van der Waals surface area contributed by atoms with Gasteiger partial charge in [-0.3, -0.25) is 9.63 Å². The monoisotopic (exact) mass is 402 g/mol. The first-order valence-electron chi connectivity index (χ1n) is 8.89. The van der Waals surface area contributed by atoms with Crippen LogP contribution in [0.15, 0.2) is 30.6 Å².